The van der Waals surface area contributed by atoms with Gasteiger partial charge in [0.2, 0.25) is 0 Å². The van der Waals surface area contributed by atoms with E-state index in [-0.39, 0.29) is 24.5 Å². The lowest BCUT2D eigenvalue weighted by atomic mass is 10.1. The van der Waals surface area contributed by atoms with Crippen molar-refractivity contribution in [1.82, 2.24) is 5.32 Å². The highest BCUT2D eigenvalue weighted by Crippen LogP contribution is 2.17. The highest BCUT2D eigenvalue weighted by atomic mass is 16.5. The van der Waals surface area contributed by atoms with Crippen LogP contribution in [0.25, 0.3) is 0 Å². The zero-order valence-corrected chi connectivity index (χ0v) is 12.3. The van der Waals surface area contributed by atoms with Crippen LogP contribution in [0.5, 0.6) is 5.75 Å². The normalized spacial score (nSPS) is 9.39. The molecule has 0 atom stereocenters. The van der Waals surface area contributed by atoms with E-state index in [4.69, 9.17) is 4.74 Å². The summed E-state index contributed by atoms with van der Waals surface area (Å²) in [5.74, 6) is 5.30. The Morgan fingerprint density at radius 2 is 1.96 bits per heavy atom. The van der Waals surface area contributed by atoms with E-state index in [2.05, 4.69) is 17.2 Å². The molecule has 0 aliphatic rings. The van der Waals surface area contributed by atoms with Gasteiger partial charge in [0.15, 0.2) is 6.29 Å². The second-order valence-corrected chi connectivity index (χ2v) is 4.57. The molecule has 2 N–H and O–H groups in total. The molecule has 0 saturated heterocycles. The molecule has 0 bridgehead atoms. The van der Waals surface area contributed by atoms with Crippen molar-refractivity contribution in [3.8, 4) is 17.6 Å². The van der Waals surface area contributed by atoms with Gasteiger partial charge in [-0.1, -0.05) is 48.2 Å². The molecule has 0 spiro atoms. The van der Waals surface area contributed by atoms with Crippen molar-refractivity contribution in [3.63, 3.8) is 0 Å². The summed E-state index contributed by atoms with van der Waals surface area (Å²) in [4.78, 5) is 22.4. The van der Waals surface area contributed by atoms with Crippen LogP contribution < -0.4 is 5.32 Å². The number of alkyl carbamates (subject to hydrolysis) is 1. The van der Waals surface area contributed by atoms with Crippen LogP contribution in [-0.2, 0) is 11.3 Å². The standard InChI is InChI=1S/C18H15NO4/c20-12-16-15(8-4-10-17(16)21)9-5-11-19-18(22)23-13-14-6-2-1-3-7-14/h1-4,6-8,10,12,21H,11,13H2,(H,19,22). The summed E-state index contributed by atoms with van der Waals surface area (Å²) in [6.07, 6.45) is -0.0318. The molecule has 0 fully saturated rings. The second kappa shape index (κ2) is 8.25. The summed E-state index contributed by atoms with van der Waals surface area (Å²) in [6, 6.07) is 13.9. The summed E-state index contributed by atoms with van der Waals surface area (Å²) < 4.78 is 5.03. The van der Waals surface area contributed by atoms with Crippen LogP contribution in [0.4, 0.5) is 4.79 Å². The first-order valence-electron chi connectivity index (χ1n) is 6.91. The first-order valence-corrected chi connectivity index (χ1v) is 6.91. The van der Waals surface area contributed by atoms with Crippen molar-refractivity contribution in [2.24, 2.45) is 0 Å². The minimum absolute atomic E-state index is 0.0710. The van der Waals surface area contributed by atoms with Crippen LogP contribution in [-0.4, -0.2) is 24.0 Å². The lowest BCUT2D eigenvalue weighted by molar-refractivity contribution is 0.112. The molecule has 5 heteroatoms. The fraction of sp³-hybridized carbons (Fsp3) is 0.111. The number of hydrogen-bond donors (Lipinski definition) is 2. The fourth-order valence-electron chi connectivity index (χ4n) is 1.82. The molecular formula is C18H15NO4. The fourth-order valence-corrected chi connectivity index (χ4v) is 1.82. The van der Waals surface area contributed by atoms with Gasteiger partial charge in [-0.25, -0.2) is 4.79 Å². The number of ether oxygens (including phenoxy) is 1. The molecular weight excluding hydrogens is 294 g/mol. The number of carbonyl (C=O) groups is 2. The van der Waals surface area contributed by atoms with E-state index in [1.165, 1.54) is 6.07 Å². The van der Waals surface area contributed by atoms with Gasteiger partial charge >= 0.3 is 6.09 Å². The van der Waals surface area contributed by atoms with Crippen molar-refractivity contribution in [3.05, 3.63) is 65.2 Å². The van der Waals surface area contributed by atoms with Gasteiger partial charge in [-0.3, -0.25) is 4.79 Å². The number of aromatic hydroxyl groups is 1. The molecule has 0 aromatic heterocycles. The van der Waals surface area contributed by atoms with Gasteiger partial charge in [0.1, 0.15) is 12.4 Å². The summed E-state index contributed by atoms with van der Waals surface area (Å²) in [6.45, 7) is 0.253. The van der Waals surface area contributed by atoms with Gasteiger partial charge in [0.05, 0.1) is 12.1 Å². The smallest absolute Gasteiger partial charge is 0.408 e. The molecule has 23 heavy (non-hydrogen) atoms. The molecule has 5 nitrogen and oxygen atoms in total. The summed E-state index contributed by atoms with van der Waals surface area (Å²) >= 11 is 0. The Kier molecular flexibility index (Phi) is 5.78. The summed E-state index contributed by atoms with van der Waals surface area (Å²) in [5.41, 5.74) is 1.43. The van der Waals surface area contributed by atoms with E-state index < -0.39 is 6.09 Å². The third-order valence-electron chi connectivity index (χ3n) is 2.96. The van der Waals surface area contributed by atoms with E-state index in [1.54, 1.807) is 12.1 Å². The molecule has 116 valence electrons. The van der Waals surface area contributed by atoms with Gasteiger partial charge in [-0.2, -0.15) is 0 Å². The Bertz CT molecular complexity index is 745. The van der Waals surface area contributed by atoms with E-state index in [9.17, 15) is 14.7 Å². The monoisotopic (exact) mass is 309 g/mol. The SMILES string of the molecule is O=Cc1c(O)cccc1C#CCNC(=O)OCc1ccccc1. The highest BCUT2D eigenvalue weighted by molar-refractivity contribution is 5.83. The Morgan fingerprint density at radius 1 is 1.17 bits per heavy atom. The van der Waals surface area contributed by atoms with Crippen LogP contribution in [0.2, 0.25) is 0 Å². The van der Waals surface area contributed by atoms with Crippen LogP contribution in [0.15, 0.2) is 48.5 Å². The van der Waals surface area contributed by atoms with Crippen molar-refractivity contribution in [1.29, 1.82) is 0 Å². The van der Waals surface area contributed by atoms with Crippen LogP contribution >= 0.6 is 0 Å². The lowest BCUT2D eigenvalue weighted by Crippen LogP contribution is -2.24. The van der Waals surface area contributed by atoms with E-state index >= 15 is 0 Å². The Hall–Kier alpha value is -3.26. The molecule has 1 amide bonds. The molecule has 2 aromatic carbocycles. The maximum atomic E-state index is 11.5. The van der Waals surface area contributed by atoms with E-state index in [0.717, 1.165) is 5.56 Å². The number of rotatable bonds is 4. The number of phenols is 1. The third-order valence-corrected chi connectivity index (χ3v) is 2.96. The molecule has 2 rings (SSSR count). The summed E-state index contributed by atoms with van der Waals surface area (Å²) in [5, 5.41) is 12.0. The zero-order chi connectivity index (χ0) is 16.5. The minimum atomic E-state index is -0.574. The molecule has 0 saturated carbocycles. The minimum Gasteiger partial charge on any atom is -0.507 e. The first kappa shape index (κ1) is 16.1. The largest absolute Gasteiger partial charge is 0.507 e. The van der Waals surface area contributed by atoms with Crippen molar-refractivity contribution in [2.75, 3.05) is 6.54 Å². The molecule has 0 radical (unpaired) electrons. The topological polar surface area (TPSA) is 75.6 Å². The Labute approximate surface area is 133 Å². The maximum absolute atomic E-state index is 11.5. The maximum Gasteiger partial charge on any atom is 0.408 e. The molecule has 0 heterocycles. The average Bonchev–Trinajstić information content (AvgIpc) is 2.58. The van der Waals surface area contributed by atoms with E-state index in [1.807, 2.05) is 30.3 Å². The van der Waals surface area contributed by atoms with Crippen LogP contribution in [0.3, 0.4) is 0 Å². The van der Waals surface area contributed by atoms with Crippen molar-refractivity contribution in [2.45, 2.75) is 6.61 Å². The van der Waals surface area contributed by atoms with Crippen molar-refractivity contribution < 1.29 is 19.4 Å². The average molecular weight is 309 g/mol. The number of carbonyl (C=O) groups excluding carboxylic acids is 2. The molecule has 0 aliphatic carbocycles. The quantitative estimate of drug-likeness (QED) is 0.672. The Morgan fingerprint density at radius 3 is 2.70 bits per heavy atom. The van der Waals surface area contributed by atoms with E-state index in [0.29, 0.717) is 11.8 Å². The van der Waals surface area contributed by atoms with Gasteiger partial charge in [-0.05, 0) is 17.7 Å². The number of phenolic OH excluding ortho intramolecular Hbond substituents is 1. The number of nitrogens with one attached hydrogen (secondary N) is 1. The van der Waals surface area contributed by atoms with Crippen molar-refractivity contribution >= 4 is 12.4 Å². The predicted octanol–water partition coefficient (Wildman–Crippen LogP) is 2.48. The first-order chi connectivity index (χ1) is 11.2. The van der Waals surface area contributed by atoms with Gasteiger partial charge in [-0.15, -0.1) is 0 Å². The van der Waals surface area contributed by atoms with Crippen LogP contribution in [0.1, 0.15) is 21.5 Å². The summed E-state index contributed by atoms with van der Waals surface area (Å²) in [7, 11) is 0. The predicted molar refractivity (Wildman–Crippen MR) is 85.0 cm³/mol. The zero-order valence-electron chi connectivity index (χ0n) is 12.3. The second-order valence-electron chi connectivity index (χ2n) is 4.57. The highest BCUT2D eigenvalue weighted by Gasteiger charge is 2.04. The molecule has 2 aromatic rings. The van der Waals surface area contributed by atoms with Crippen LogP contribution in [0, 0.1) is 11.8 Å². The number of aldehydes is 1. The van der Waals surface area contributed by atoms with Gasteiger partial charge < -0.3 is 15.2 Å². The molecule has 0 aliphatic heterocycles. The third kappa shape index (κ3) is 4.90. The number of amides is 1. The van der Waals surface area contributed by atoms with Gasteiger partial charge in [0, 0.05) is 5.56 Å². The van der Waals surface area contributed by atoms with Gasteiger partial charge in [0.25, 0.3) is 0 Å². The number of hydrogen-bond acceptors (Lipinski definition) is 4. The lowest BCUT2D eigenvalue weighted by Gasteiger charge is -2.04. The molecule has 0 unspecified atom stereocenters. The Balaban J connectivity index is 1.82. The number of benzene rings is 2.